The summed E-state index contributed by atoms with van der Waals surface area (Å²) in [6.07, 6.45) is 1.58. The highest BCUT2D eigenvalue weighted by atomic mass is 16.3. The predicted molar refractivity (Wildman–Crippen MR) is 68.3 cm³/mol. The van der Waals surface area contributed by atoms with E-state index in [0.717, 1.165) is 11.1 Å². The summed E-state index contributed by atoms with van der Waals surface area (Å²) in [4.78, 5) is 5.53. The van der Waals surface area contributed by atoms with Crippen molar-refractivity contribution in [2.75, 3.05) is 0 Å². The normalized spacial score (nSPS) is 10.6. The van der Waals surface area contributed by atoms with E-state index in [1.165, 1.54) is 4.80 Å². The quantitative estimate of drug-likeness (QED) is 0.759. The van der Waals surface area contributed by atoms with Crippen LogP contribution in [-0.2, 0) is 6.61 Å². The zero-order chi connectivity index (χ0) is 13.1. The second kappa shape index (κ2) is 4.95. The van der Waals surface area contributed by atoms with Crippen molar-refractivity contribution in [1.82, 2.24) is 25.2 Å². The Morgan fingerprint density at radius 2 is 1.89 bits per heavy atom. The molecule has 0 spiro atoms. The van der Waals surface area contributed by atoms with Gasteiger partial charge in [-0.1, -0.05) is 36.4 Å². The van der Waals surface area contributed by atoms with Crippen molar-refractivity contribution in [2.24, 2.45) is 0 Å². The first-order valence-electron chi connectivity index (χ1n) is 5.78. The van der Waals surface area contributed by atoms with Gasteiger partial charge in [0.1, 0.15) is 0 Å². The predicted octanol–water partition coefficient (Wildman–Crippen LogP) is 1.22. The summed E-state index contributed by atoms with van der Waals surface area (Å²) in [5.41, 5.74) is 1.65. The first-order valence-corrected chi connectivity index (χ1v) is 5.78. The smallest absolute Gasteiger partial charge is 0.205 e. The topological polar surface area (TPSA) is 76.7 Å². The molecule has 2 heterocycles. The van der Waals surface area contributed by atoms with E-state index >= 15 is 0 Å². The van der Waals surface area contributed by atoms with Crippen molar-refractivity contribution >= 4 is 0 Å². The van der Waals surface area contributed by atoms with E-state index in [2.05, 4.69) is 20.4 Å². The van der Waals surface area contributed by atoms with Crippen molar-refractivity contribution in [2.45, 2.75) is 6.61 Å². The van der Waals surface area contributed by atoms with E-state index in [1.807, 2.05) is 30.3 Å². The van der Waals surface area contributed by atoms with Gasteiger partial charge in [0.05, 0.1) is 6.61 Å². The van der Waals surface area contributed by atoms with Crippen LogP contribution in [0.2, 0.25) is 0 Å². The Hall–Kier alpha value is -2.60. The summed E-state index contributed by atoms with van der Waals surface area (Å²) in [7, 11) is 0. The second-order valence-electron chi connectivity index (χ2n) is 3.95. The molecule has 94 valence electrons. The second-order valence-corrected chi connectivity index (χ2v) is 3.95. The third kappa shape index (κ3) is 2.34. The average Bonchev–Trinajstić information content (AvgIpc) is 2.98. The van der Waals surface area contributed by atoms with Gasteiger partial charge in [0, 0.05) is 11.8 Å². The lowest BCUT2D eigenvalue weighted by Crippen LogP contribution is -2.02. The fourth-order valence-corrected chi connectivity index (χ4v) is 1.64. The number of aliphatic hydroxyl groups excluding tert-OH is 1. The van der Waals surface area contributed by atoms with Gasteiger partial charge < -0.3 is 5.11 Å². The molecule has 0 bridgehead atoms. The number of hydrogen-bond donors (Lipinski definition) is 1. The fraction of sp³-hybridized carbons (Fsp3) is 0.0769. The monoisotopic (exact) mass is 253 g/mol. The Morgan fingerprint density at radius 1 is 1.05 bits per heavy atom. The van der Waals surface area contributed by atoms with Gasteiger partial charge >= 0.3 is 0 Å². The molecule has 19 heavy (non-hydrogen) atoms. The Labute approximate surface area is 109 Å². The summed E-state index contributed by atoms with van der Waals surface area (Å²) in [5, 5.41) is 21.2. The van der Waals surface area contributed by atoms with Crippen LogP contribution in [0.25, 0.3) is 17.2 Å². The van der Waals surface area contributed by atoms with Gasteiger partial charge in [-0.3, -0.25) is 0 Å². The molecule has 0 saturated heterocycles. The number of pyridine rings is 1. The van der Waals surface area contributed by atoms with E-state index < -0.39 is 0 Å². The highest BCUT2D eigenvalue weighted by Gasteiger charge is 2.07. The number of tetrazole rings is 1. The summed E-state index contributed by atoms with van der Waals surface area (Å²) in [6, 6.07) is 13.1. The summed E-state index contributed by atoms with van der Waals surface area (Å²) < 4.78 is 0. The zero-order valence-electron chi connectivity index (χ0n) is 10.0. The van der Waals surface area contributed by atoms with Crippen LogP contribution in [0.4, 0.5) is 0 Å². The van der Waals surface area contributed by atoms with E-state index in [9.17, 15) is 0 Å². The van der Waals surface area contributed by atoms with Crippen molar-refractivity contribution in [3.05, 3.63) is 54.2 Å². The maximum Gasteiger partial charge on any atom is 0.205 e. The number of rotatable bonds is 3. The molecular formula is C13H11N5O. The third-order valence-electron chi connectivity index (χ3n) is 2.64. The van der Waals surface area contributed by atoms with Crippen LogP contribution in [0.5, 0.6) is 0 Å². The number of aromatic nitrogens is 5. The lowest BCUT2D eigenvalue weighted by molar-refractivity contribution is 0.281. The molecule has 2 aromatic heterocycles. The molecule has 0 saturated carbocycles. The Morgan fingerprint density at radius 3 is 2.58 bits per heavy atom. The van der Waals surface area contributed by atoms with Crippen molar-refractivity contribution < 1.29 is 5.11 Å². The van der Waals surface area contributed by atoms with E-state index in [4.69, 9.17) is 5.11 Å². The van der Waals surface area contributed by atoms with Gasteiger partial charge in [-0.05, 0) is 16.8 Å². The van der Waals surface area contributed by atoms with Crippen molar-refractivity contribution in [3.63, 3.8) is 0 Å². The molecule has 0 aliphatic heterocycles. The van der Waals surface area contributed by atoms with E-state index in [0.29, 0.717) is 11.6 Å². The van der Waals surface area contributed by atoms with Gasteiger partial charge in [0.2, 0.25) is 5.82 Å². The molecule has 1 aromatic carbocycles. The fourth-order valence-electron chi connectivity index (χ4n) is 1.64. The molecular weight excluding hydrogens is 242 g/mol. The Balaban J connectivity index is 1.92. The van der Waals surface area contributed by atoms with Crippen LogP contribution in [0.15, 0.2) is 48.7 Å². The number of benzene rings is 1. The van der Waals surface area contributed by atoms with Crippen LogP contribution in [0.1, 0.15) is 5.56 Å². The number of nitrogens with zero attached hydrogens (tertiary/aromatic N) is 5. The minimum absolute atomic E-state index is 0.0344. The SMILES string of the molecule is OCc1ccc(-n2nnc(-c3ccccc3)n2)nc1. The Bertz CT molecular complexity index is 663. The molecule has 0 aliphatic carbocycles. The van der Waals surface area contributed by atoms with Gasteiger partial charge in [0.25, 0.3) is 0 Å². The van der Waals surface area contributed by atoms with Crippen LogP contribution in [-0.4, -0.2) is 30.3 Å². The summed E-state index contributed by atoms with van der Waals surface area (Å²) in [5.74, 6) is 1.11. The van der Waals surface area contributed by atoms with Gasteiger partial charge in [-0.25, -0.2) is 4.98 Å². The zero-order valence-corrected chi connectivity index (χ0v) is 10.0. The molecule has 0 radical (unpaired) electrons. The van der Waals surface area contributed by atoms with Gasteiger partial charge in [-0.15, -0.1) is 15.0 Å². The van der Waals surface area contributed by atoms with Crippen LogP contribution in [0.3, 0.4) is 0 Å². The molecule has 6 heteroatoms. The van der Waals surface area contributed by atoms with Crippen LogP contribution in [0, 0.1) is 0 Å². The maximum atomic E-state index is 8.96. The van der Waals surface area contributed by atoms with E-state index in [1.54, 1.807) is 18.3 Å². The minimum atomic E-state index is -0.0344. The first kappa shape index (κ1) is 11.5. The standard InChI is InChI=1S/C13H11N5O/c19-9-10-6-7-12(14-8-10)18-16-13(15-17-18)11-4-2-1-3-5-11/h1-8,19H,9H2. The lowest BCUT2D eigenvalue weighted by Gasteiger charge is -1.98. The first-order chi connectivity index (χ1) is 9.36. The van der Waals surface area contributed by atoms with E-state index in [-0.39, 0.29) is 6.61 Å². The highest BCUT2D eigenvalue weighted by Crippen LogP contribution is 2.13. The molecule has 0 fully saturated rings. The minimum Gasteiger partial charge on any atom is -0.392 e. The molecule has 6 nitrogen and oxygen atoms in total. The van der Waals surface area contributed by atoms with Crippen molar-refractivity contribution in [3.8, 4) is 17.2 Å². The van der Waals surface area contributed by atoms with Crippen LogP contribution >= 0.6 is 0 Å². The van der Waals surface area contributed by atoms with Gasteiger partial charge in [0.15, 0.2) is 5.82 Å². The molecule has 3 rings (SSSR count). The van der Waals surface area contributed by atoms with Gasteiger partial charge in [-0.2, -0.15) is 0 Å². The average molecular weight is 253 g/mol. The largest absolute Gasteiger partial charge is 0.392 e. The van der Waals surface area contributed by atoms with Crippen LogP contribution < -0.4 is 0 Å². The highest BCUT2D eigenvalue weighted by molar-refractivity contribution is 5.53. The van der Waals surface area contributed by atoms with Crippen molar-refractivity contribution in [1.29, 1.82) is 0 Å². The molecule has 0 aliphatic rings. The molecule has 3 aromatic rings. The molecule has 0 amide bonds. The number of aliphatic hydroxyl groups is 1. The third-order valence-corrected chi connectivity index (χ3v) is 2.64. The number of hydrogen-bond acceptors (Lipinski definition) is 5. The summed E-state index contributed by atoms with van der Waals surface area (Å²) in [6.45, 7) is -0.0344. The lowest BCUT2D eigenvalue weighted by atomic mass is 10.2. The summed E-state index contributed by atoms with van der Waals surface area (Å²) >= 11 is 0. The molecule has 0 atom stereocenters. The molecule has 1 N–H and O–H groups in total. The molecule has 0 unspecified atom stereocenters. The maximum absolute atomic E-state index is 8.96. The Kier molecular flexibility index (Phi) is 2.99.